The van der Waals surface area contributed by atoms with Crippen LogP contribution in [0.15, 0.2) is 54.6 Å². The zero-order valence-electron chi connectivity index (χ0n) is 27.5. The number of Topliss-reactive ketones (excluding diaryl/α,β-unsaturated/α-hetero) is 1. The average Bonchev–Trinajstić information content (AvgIpc) is 3.01. The number of terminal acetylenes is 1. The lowest BCUT2D eigenvalue weighted by atomic mass is 10.0. The number of alkyl carbamates (subject to hydrolysis) is 1. The highest BCUT2D eigenvalue weighted by Gasteiger charge is 2.29. The zero-order chi connectivity index (χ0) is 34.6. The van der Waals surface area contributed by atoms with Crippen molar-refractivity contribution in [2.45, 2.75) is 73.0 Å². The van der Waals surface area contributed by atoms with E-state index in [1.54, 1.807) is 20.8 Å². The Bertz CT molecular complexity index is 1240. The Morgan fingerprint density at radius 3 is 1.87 bits per heavy atom. The van der Waals surface area contributed by atoms with Crippen LogP contribution in [-0.4, -0.2) is 65.9 Å². The number of ether oxygens (including phenoxy) is 1. The molecule has 0 saturated carbocycles. The largest absolute Gasteiger partial charge is 0.444 e. The maximum Gasteiger partial charge on any atom is 0.408 e. The lowest BCUT2D eigenvalue weighted by molar-refractivity contribution is -0.126. The van der Waals surface area contributed by atoms with E-state index < -0.39 is 35.5 Å². The summed E-state index contributed by atoms with van der Waals surface area (Å²) in [4.78, 5) is 61.2. The van der Waals surface area contributed by atoms with Crippen LogP contribution in [0.2, 0.25) is 0 Å². The molecule has 2 aromatic rings. The molecule has 2 aromatic carbocycles. The summed E-state index contributed by atoms with van der Waals surface area (Å²) in [5.74, 6) is 5.33. The number of carbonyl (C=O) groups excluding carboxylic acids is 5. The molecule has 0 aromatic heterocycles. The highest BCUT2D eigenvalue weighted by atomic mass is 16.6. The van der Waals surface area contributed by atoms with Gasteiger partial charge in [0, 0.05) is 30.6 Å². The van der Waals surface area contributed by atoms with E-state index in [1.807, 2.05) is 30.3 Å². The third-order valence-corrected chi connectivity index (χ3v) is 6.04. The minimum Gasteiger partial charge on any atom is -0.444 e. The lowest BCUT2D eigenvalue weighted by Crippen LogP contribution is -2.55. The van der Waals surface area contributed by atoms with Gasteiger partial charge in [-0.2, -0.15) is 0 Å². The minimum absolute atomic E-state index is 0.0671. The molecular weight excluding hydrogens is 574 g/mol. The van der Waals surface area contributed by atoms with Gasteiger partial charge in [0.05, 0.1) is 6.54 Å². The van der Waals surface area contributed by atoms with Gasteiger partial charge in [0.25, 0.3) is 5.91 Å². The van der Waals surface area contributed by atoms with Gasteiger partial charge in [-0.1, -0.05) is 69.7 Å². The Kier molecular flexibility index (Phi) is 18.9. The summed E-state index contributed by atoms with van der Waals surface area (Å²) in [7, 11) is 0. The summed E-state index contributed by atoms with van der Waals surface area (Å²) in [5.41, 5.74) is 0.793. The van der Waals surface area contributed by atoms with Crippen LogP contribution in [-0.2, 0) is 20.7 Å². The van der Waals surface area contributed by atoms with Gasteiger partial charge < -0.3 is 20.7 Å². The number of hydrazine groups is 1. The van der Waals surface area contributed by atoms with Gasteiger partial charge in [0.15, 0.2) is 5.78 Å². The highest BCUT2D eigenvalue weighted by Crippen LogP contribution is 2.13. The van der Waals surface area contributed by atoms with Crippen molar-refractivity contribution >= 4 is 29.6 Å². The molecule has 246 valence electrons. The number of carbonyl (C=O) groups is 5. The van der Waals surface area contributed by atoms with E-state index in [0.29, 0.717) is 5.56 Å². The Morgan fingerprint density at radius 2 is 1.38 bits per heavy atom. The topological polar surface area (TPSA) is 160 Å². The smallest absolute Gasteiger partial charge is 0.408 e. The minimum atomic E-state index is -1.04. The first-order valence-corrected chi connectivity index (χ1v) is 14.7. The van der Waals surface area contributed by atoms with Crippen LogP contribution in [0.1, 0.15) is 81.2 Å². The van der Waals surface area contributed by atoms with Gasteiger partial charge in [0.2, 0.25) is 11.8 Å². The number of ketones is 1. The molecule has 0 spiro atoms. The molecule has 2 rings (SSSR count). The number of nitrogens with one attached hydrogen (secondary N) is 3. The van der Waals surface area contributed by atoms with Crippen molar-refractivity contribution in [1.82, 2.24) is 21.0 Å². The third-order valence-electron chi connectivity index (χ3n) is 6.04. The van der Waals surface area contributed by atoms with Gasteiger partial charge >= 0.3 is 6.09 Å². The van der Waals surface area contributed by atoms with Crippen molar-refractivity contribution in [2.75, 3.05) is 19.6 Å². The van der Waals surface area contributed by atoms with E-state index in [-0.39, 0.29) is 37.4 Å². The molecule has 11 nitrogen and oxygen atoms in total. The third kappa shape index (κ3) is 17.3. The molecule has 5 N–H and O–H groups in total. The van der Waals surface area contributed by atoms with Gasteiger partial charge in [-0.25, -0.2) is 10.6 Å². The highest BCUT2D eigenvalue weighted by molar-refractivity contribution is 5.99. The molecule has 0 radical (unpaired) electrons. The Hall–Kier alpha value is -4.69. The Morgan fingerprint density at radius 1 is 0.867 bits per heavy atom. The fourth-order valence-electron chi connectivity index (χ4n) is 3.33. The molecule has 0 aliphatic rings. The molecule has 0 aliphatic carbocycles. The van der Waals surface area contributed by atoms with Crippen LogP contribution in [0.5, 0.6) is 0 Å². The van der Waals surface area contributed by atoms with E-state index in [0.717, 1.165) is 16.5 Å². The van der Waals surface area contributed by atoms with Gasteiger partial charge in [-0.3, -0.25) is 24.2 Å². The number of rotatable bonds is 12. The Labute approximate surface area is 267 Å². The number of benzene rings is 2. The summed E-state index contributed by atoms with van der Waals surface area (Å²) >= 11 is 0. The molecule has 45 heavy (non-hydrogen) atoms. The summed E-state index contributed by atoms with van der Waals surface area (Å²) < 4.78 is 5.06. The van der Waals surface area contributed by atoms with Crippen LogP contribution in [0.3, 0.4) is 0 Å². The van der Waals surface area contributed by atoms with Crippen LogP contribution in [0.25, 0.3) is 0 Å². The van der Waals surface area contributed by atoms with E-state index in [2.05, 4.69) is 49.6 Å². The molecule has 0 bridgehead atoms. The van der Waals surface area contributed by atoms with Crippen molar-refractivity contribution < 1.29 is 28.7 Å². The summed E-state index contributed by atoms with van der Waals surface area (Å²) in [6, 6.07) is 14.1. The summed E-state index contributed by atoms with van der Waals surface area (Å²) in [6.45, 7) is 13.1. The second-order valence-corrected chi connectivity index (χ2v) is 11.4. The van der Waals surface area contributed by atoms with Crippen LogP contribution >= 0.6 is 0 Å². The van der Waals surface area contributed by atoms with Crippen LogP contribution in [0, 0.1) is 18.8 Å². The number of nitrogens with zero attached hydrogens (tertiary/aromatic N) is 1. The van der Waals surface area contributed by atoms with Crippen LogP contribution < -0.4 is 21.8 Å². The summed E-state index contributed by atoms with van der Waals surface area (Å²) in [6.07, 6.45) is 8.75. The molecule has 0 unspecified atom stereocenters. The van der Waals surface area contributed by atoms with E-state index in [1.165, 1.54) is 37.6 Å². The van der Waals surface area contributed by atoms with E-state index in [4.69, 9.17) is 10.6 Å². The second-order valence-electron chi connectivity index (χ2n) is 11.4. The summed E-state index contributed by atoms with van der Waals surface area (Å²) in [5, 5.41) is 8.47. The average molecular weight is 624 g/mol. The van der Waals surface area contributed by atoms with E-state index in [9.17, 15) is 24.0 Å². The lowest BCUT2D eigenvalue weighted by Gasteiger charge is -2.27. The number of hydrogen-bond donors (Lipinski definition) is 4. The van der Waals surface area contributed by atoms with Crippen molar-refractivity contribution in [3.63, 3.8) is 0 Å². The predicted octanol–water partition coefficient (Wildman–Crippen LogP) is 3.88. The standard InChI is InChI=1S/C27H35N5O6.C5H12.C2H2/c1-18(33)20-10-12-21(13-11-20)25(36)32(28)22(16-19-8-6-5-7-9-19)24(35)30-15-14-29-23(34)17-31-26(37)38-27(2,3)4;1-4-5(2)3;1-2/h5-13,22H,14-17,28H2,1-4H3,(H,29,34)(H,30,35)(H,31,37);5H,4H2,1-3H3;1-2H/t22-;;/m0../s1. The fraction of sp³-hybridized carbons (Fsp3) is 0.441. The van der Waals surface area contributed by atoms with E-state index >= 15 is 0 Å². The molecule has 0 fully saturated rings. The van der Waals surface area contributed by atoms with Crippen molar-refractivity contribution in [1.29, 1.82) is 0 Å². The predicted molar refractivity (Wildman–Crippen MR) is 176 cm³/mol. The molecule has 1 atom stereocenters. The van der Waals surface area contributed by atoms with Crippen molar-refractivity contribution in [3.8, 4) is 12.8 Å². The number of hydrogen-bond acceptors (Lipinski definition) is 7. The maximum atomic E-state index is 13.0. The fourth-order valence-corrected chi connectivity index (χ4v) is 3.33. The van der Waals surface area contributed by atoms with Gasteiger partial charge in [-0.05, 0) is 51.3 Å². The molecule has 11 heteroatoms. The SMILES string of the molecule is C#C.CC(=O)c1ccc(C(=O)N(N)[C@@H](Cc2ccccc2)C(=O)NCCNC(=O)CNC(=O)OC(C)(C)C)cc1.CCC(C)C. The molecule has 0 saturated heterocycles. The number of nitrogens with two attached hydrogens (primary N) is 1. The van der Waals surface area contributed by atoms with Gasteiger partial charge in [-0.15, -0.1) is 12.8 Å². The first-order valence-electron chi connectivity index (χ1n) is 14.7. The monoisotopic (exact) mass is 623 g/mol. The first-order chi connectivity index (χ1) is 21.1. The zero-order valence-corrected chi connectivity index (χ0v) is 27.5. The molecular formula is C34H49N5O6. The normalized spacial score (nSPS) is 10.9. The van der Waals surface area contributed by atoms with Crippen LogP contribution in [0.4, 0.5) is 4.79 Å². The Balaban J connectivity index is 0.00000251. The van der Waals surface area contributed by atoms with Crippen molar-refractivity contribution in [3.05, 3.63) is 71.3 Å². The van der Waals surface area contributed by atoms with Gasteiger partial charge in [0.1, 0.15) is 11.6 Å². The quantitative estimate of drug-likeness (QED) is 0.0697. The van der Waals surface area contributed by atoms with Crippen molar-refractivity contribution in [2.24, 2.45) is 11.8 Å². The molecule has 0 heterocycles. The molecule has 0 aliphatic heterocycles. The molecule has 4 amide bonds. The first kappa shape index (κ1) is 40.3. The maximum absolute atomic E-state index is 13.0. The second kappa shape index (κ2) is 21.1. The number of amides is 4.